The van der Waals surface area contributed by atoms with Crippen LogP contribution in [0, 0.1) is 30.9 Å². The molecule has 0 spiro atoms. The molecule has 2 N–H and O–H groups in total. The second kappa shape index (κ2) is 8.98. The van der Waals surface area contributed by atoms with Crippen molar-refractivity contribution in [1.29, 1.82) is 0 Å². The van der Waals surface area contributed by atoms with Gasteiger partial charge in [0.2, 0.25) is 0 Å². The topological polar surface area (TPSA) is 106 Å². The van der Waals surface area contributed by atoms with Gasteiger partial charge in [-0.05, 0) is 50.5 Å². The summed E-state index contributed by atoms with van der Waals surface area (Å²) in [5.41, 5.74) is 2.88. The first-order chi connectivity index (χ1) is 12.8. The Morgan fingerprint density at radius 2 is 1.81 bits per heavy atom. The van der Waals surface area contributed by atoms with E-state index in [1.165, 1.54) is 24.3 Å². The number of nitro groups is 1. The Bertz CT molecular complexity index is 835. The molecule has 2 rings (SSSR count). The van der Waals surface area contributed by atoms with Crippen molar-refractivity contribution in [1.82, 2.24) is 4.98 Å². The maximum absolute atomic E-state index is 12.2. The number of nitro benzene ring substituents is 1. The zero-order valence-electron chi connectivity index (χ0n) is 16.0. The first-order valence-electron chi connectivity index (χ1n) is 8.76. The van der Waals surface area contributed by atoms with Gasteiger partial charge >= 0.3 is 6.03 Å². The third kappa shape index (κ3) is 5.16. The van der Waals surface area contributed by atoms with Crippen LogP contribution in [0.2, 0.25) is 0 Å². The Hall–Kier alpha value is -3.16. The standard InChI is InChI=1S/C19H24N4O4/c1-5-6-11-27-17-12(2)13(3)18(20-14(17)4)22-19(24)21-15-7-9-16(10-8-15)23(25)26/h7-10H,5-6,11H2,1-4H3,(H2,20,21,22,24). The van der Waals surface area contributed by atoms with Gasteiger partial charge < -0.3 is 10.1 Å². The van der Waals surface area contributed by atoms with Crippen molar-refractivity contribution < 1.29 is 14.5 Å². The second-order valence-corrected chi connectivity index (χ2v) is 6.21. The van der Waals surface area contributed by atoms with Gasteiger partial charge in [-0.3, -0.25) is 15.4 Å². The highest BCUT2D eigenvalue weighted by Gasteiger charge is 2.15. The molecule has 0 aliphatic rings. The molecule has 1 aromatic heterocycles. The lowest BCUT2D eigenvalue weighted by Gasteiger charge is -2.17. The highest BCUT2D eigenvalue weighted by molar-refractivity contribution is 5.99. The number of hydrogen-bond acceptors (Lipinski definition) is 5. The SMILES string of the molecule is CCCCOc1c(C)nc(NC(=O)Nc2ccc([N+](=O)[O-])cc2)c(C)c1C. The molecule has 2 amide bonds. The minimum absolute atomic E-state index is 0.0385. The number of hydrogen-bond donors (Lipinski definition) is 2. The first kappa shape index (κ1) is 20.2. The number of pyridine rings is 1. The van der Waals surface area contributed by atoms with Gasteiger partial charge in [0.05, 0.1) is 17.2 Å². The molecule has 0 atom stereocenters. The number of amides is 2. The van der Waals surface area contributed by atoms with E-state index < -0.39 is 11.0 Å². The van der Waals surface area contributed by atoms with Gasteiger partial charge in [0.1, 0.15) is 11.6 Å². The van der Waals surface area contributed by atoms with Crippen molar-refractivity contribution in [3.05, 3.63) is 51.2 Å². The van der Waals surface area contributed by atoms with Crippen molar-refractivity contribution in [2.75, 3.05) is 17.2 Å². The number of carbonyl (C=O) groups excluding carboxylic acids is 1. The molecule has 0 bridgehead atoms. The number of rotatable bonds is 7. The smallest absolute Gasteiger partial charge is 0.324 e. The van der Waals surface area contributed by atoms with Crippen LogP contribution < -0.4 is 15.4 Å². The summed E-state index contributed by atoms with van der Waals surface area (Å²) in [6.45, 7) is 8.38. The Labute approximate surface area is 158 Å². The van der Waals surface area contributed by atoms with E-state index in [-0.39, 0.29) is 5.69 Å². The first-order valence-corrected chi connectivity index (χ1v) is 8.76. The van der Waals surface area contributed by atoms with Gasteiger partial charge in [-0.25, -0.2) is 9.78 Å². The van der Waals surface area contributed by atoms with E-state index >= 15 is 0 Å². The van der Waals surface area contributed by atoms with Crippen molar-refractivity contribution in [3.8, 4) is 5.75 Å². The molecule has 2 aromatic rings. The van der Waals surface area contributed by atoms with Crippen LogP contribution in [0.4, 0.5) is 22.0 Å². The zero-order valence-corrected chi connectivity index (χ0v) is 16.0. The largest absolute Gasteiger partial charge is 0.491 e. The summed E-state index contributed by atoms with van der Waals surface area (Å²) in [6.07, 6.45) is 2.02. The molecule has 0 saturated carbocycles. The van der Waals surface area contributed by atoms with Gasteiger partial charge in [0.15, 0.2) is 0 Å². The van der Waals surface area contributed by atoms with Crippen LogP contribution in [-0.2, 0) is 0 Å². The Kier molecular flexibility index (Phi) is 6.70. The van der Waals surface area contributed by atoms with E-state index in [4.69, 9.17) is 4.74 Å². The highest BCUT2D eigenvalue weighted by atomic mass is 16.6. The molecule has 0 radical (unpaired) electrons. The molecule has 8 nitrogen and oxygen atoms in total. The number of aromatic nitrogens is 1. The van der Waals surface area contributed by atoms with Crippen LogP contribution in [0.1, 0.15) is 36.6 Å². The number of carbonyl (C=O) groups is 1. The molecule has 144 valence electrons. The number of non-ortho nitro benzene ring substituents is 1. The quantitative estimate of drug-likeness (QED) is 0.415. The summed E-state index contributed by atoms with van der Waals surface area (Å²) in [5.74, 6) is 1.20. The van der Waals surface area contributed by atoms with Gasteiger partial charge in [-0.2, -0.15) is 0 Å². The van der Waals surface area contributed by atoms with E-state index in [0.29, 0.717) is 23.8 Å². The van der Waals surface area contributed by atoms with Gasteiger partial charge in [0, 0.05) is 17.8 Å². The summed E-state index contributed by atoms with van der Waals surface area (Å²) < 4.78 is 5.83. The lowest BCUT2D eigenvalue weighted by Crippen LogP contribution is -2.21. The van der Waals surface area contributed by atoms with Crippen molar-refractivity contribution in [2.45, 2.75) is 40.5 Å². The second-order valence-electron chi connectivity index (χ2n) is 6.21. The third-order valence-electron chi connectivity index (χ3n) is 4.18. The molecule has 0 aliphatic carbocycles. The number of benzene rings is 1. The van der Waals surface area contributed by atoms with Crippen LogP contribution in [0.5, 0.6) is 5.75 Å². The number of unbranched alkanes of at least 4 members (excludes halogenated alkanes) is 1. The maximum Gasteiger partial charge on any atom is 0.324 e. The summed E-state index contributed by atoms with van der Waals surface area (Å²) in [7, 11) is 0. The molecule has 1 heterocycles. The number of nitrogens with zero attached hydrogens (tertiary/aromatic N) is 2. The summed E-state index contributed by atoms with van der Waals surface area (Å²) in [4.78, 5) is 26.9. The van der Waals surface area contributed by atoms with Crippen LogP contribution in [0.15, 0.2) is 24.3 Å². The number of ether oxygens (including phenoxy) is 1. The van der Waals surface area contributed by atoms with Crippen molar-refractivity contribution in [2.24, 2.45) is 0 Å². The normalized spacial score (nSPS) is 10.4. The molecular weight excluding hydrogens is 348 g/mol. The van der Waals surface area contributed by atoms with E-state index in [2.05, 4.69) is 22.5 Å². The molecule has 0 unspecified atom stereocenters. The van der Waals surface area contributed by atoms with Crippen LogP contribution in [0.25, 0.3) is 0 Å². The van der Waals surface area contributed by atoms with E-state index in [9.17, 15) is 14.9 Å². The van der Waals surface area contributed by atoms with Gasteiger partial charge in [-0.15, -0.1) is 0 Å². The number of nitrogens with one attached hydrogen (secondary N) is 2. The van der Waals surface area contributed by atoms with Crippen LogP contribution >= 0.6 is 0 Å². The molecule has 0 fully saturated rings. The Morgan fingerprint density at radius 3 is 2.41 bits per heavy atom. The molecule has 0 aliphatic heterocycles. The Balaban J connectivity index is 2.09. The summed E-state index contributed by atoms with van der Waals surface area (Å²) in [6, 6.07) is 5.13. The third-order valence-corrected chi connectivity index (χ3v) is 4.18. The van der Waals surface area contributed by atoms with Crippen molar-refractivity contribution in [3.63, 3.8) is 0 Å². The average molecular weight is 372 g/mol. The fraction of sp³-hybridized carbons (Fsp3) is 0.368. The summed E-state index contributed by atoms with van der Waals surface area (Å²) >= 11 is 0. The lowest BCUT2D eigenvalue weighted by atomic mass is 10.1. The number of aryl methyl sites for hydroxylation is 1. The summed E-state index contributed by atoms with van der Waals surface area (Å²) in [5, 5.41) is 16.0. The van der Waals surface area contributed by atoms with E-state index in [0.717, 1.165) is 29.7 Å². The van der Waals surface area contributed by atoms with Crippen LogP contribution in [-0.4, -0.2) is 22.5 Å². The highest BCUT2D eigenvalue weighted by Crippen LogP contribution is 2.29. The van der Waals surface area contributed by atoms with Gasteiger partial charge in [0.25, 0.3) is 5.69 Å². The number of anilines is 2. The van der Waals surface area contributed by atoms with Crippen molar-refractivity contribution >= 4 is 23.2 Å². The molecule has 27 heavy (non-hydrogen) atoms. The predicted molar refractivity (Wildman–Crippen MR) is 105 cm³/mol. The fourth-order valence-electron chi connectivity index (χ4n) is 2.51. The molecule has 1 aromatic carbocycles. The number of urea groups is 1. The molecule has 0 saturated heterocycles. The van der Waals surface area contributed by atoms with E-state index in [1.54, 1.807) is 0 Å². The predicted octanol–water partition coefficient (Wildman–Crippen LogP) is 4.74. The average Bonchev–Trinajstić information content (AvgIpc) is 2.62. The fourth-order valence-corrected chi connectivity index (χ4v) is 2.51. The van der Waals surface area contributed by atoms with Crippen LogP contribution in [0.3, 0.4) is 0 Å². The van der Waals surface area contributed by atoms with Gasteiger partial charge in [-0.1, -0.05) is 13.3 Å². The minimum atomic E-state index is -0.493. The minimum Gasteiger partial charge on any atom is -0.491 e. The van der Waals surface area contributed by atoms with E-state index in [1.807, 2.05) is 20.8 Å². The molecular formula is C19H24N4O4. The Morgan fingerprint density at radius 1 is 1.15 bits per heavy atom. The zero-order chi connectivity index (χ0) is 20.0. The lowest BCUT2D eigenvalue weighted by molar-refractivity contribution is -0.384. The maximum atomic E-state index is 12.2. The monoisotopic (exact) mass is 372 g/mol. The molecule has 8 heteroatoms.